The molecular weight excluding hydrogens is 159 g/mol. The van der Waals surface area contributed by atoms with E-state index in [2.05, 4.69) is 19.9 Å². The highest BCUT2D eigenvalue weighted by atomic mass is 16.4. The van der Waals surface area contributed by atoms with Gasteiger partial charge in [-0.25, -0.2) is 0 Å². The van der Waals surface area contributed by atoms with Gasteiger partial charge < -0.3 is 4.65 Å². The Balaban J connectivity index is 2.42. The molecule has 2 heteroatoms. The van der Waals surface area contributed by atoms with Gasteiger partial charge in [0.15, 0.2) is 0 Å². The van der Waals surface area contributed by atoms with Crippen molar-refractivity contribution >= 4 is 8.05 Å². The van der Waals surface area contributed by atoms with Crippen molar-refractivity contribution in [2.75, 3.05) is 6.61 Å². The van der Waals surface area contributed by atoms with Crippen LogP contribution >= 0.6 is 0 Å². The Hall–Kier alpha value is -0.235. The Labute approximate surface area is 83.0 Å². The average molecular weight is 178 g/mol. The second-order valence-corrected chi connectivity index (χ2v) is 4.04. The van der Waals surface area contributed by atoms with Crippen LogP contribution in [-0.2, 0) is 4.65 Å². The molecule has 1 unspecified atom stereocenters. The van der Waals surface area contributed by atoms with Gasteiger partial charge in [-0.15, -0.1) is 0 Å². The van der Waals surface area contributed by atoms with Crippen molar-refractivity contribution < 1.29 is 4.65 Å². The SMILES string of the molecule is [B]OC[C@@H]1C(CCCC)=CCC1C. The zero-order valence-corrected chi connectivity index (χ0v) is 8.75. The first kappa shape index (κ1) is 10.8. The molecule has 1 aliphatic carbocycles. The largest absolute Gasteiger partial charge is 0.447 e. The van der Waals surface area contributed by atoms with Gasteiger partial charge in [0.2, 0.25) is 0 Å². The van der Waals surface area contributed by atoms with Crippen LogP contribution in [0.3, 0.4) is 0 Å². The van der Waals surface area contributed by atoms with Gasteiger partial charge in [-0.05, 0) is 25.2 Å². The van der Waals surface area contributed by atoms with Crippen LogP contribution in [0.5, 0.6) is 0 Å². The maximum atomic E-state index is 5.13. The van der Waals surface area contributed by atoms with Crippen molar-refractivity contribution in [3.63, 3.8) is 0 Å². The van der Waals surface area contributed by atoms with Gasteiger partial charge in [0.25, 0.3) is 8.05 Å². The Morgan fingerprint density at radius 2 is 2.38 bits per heavy atom. The Morgan fingerprint density at radius 1 is 1.62 bits per heavy atom. The highest BCUT2D eigenvalue weighted by Gasteiger charge is 2.25. The topological polar surface area (TPSA) is 9.23 Å². The second-order valence-electron chi connectivity index (χ2n) is 4.04. The molecule has 1 rings (SSSR count). The molecule has 13 heavy (non-hydrogen) atoms. The number of rotatable bonds is 5. The van der Waals surface area contributed by atoms with Crippen LogP contribution in [0.4, 0.5) is 0 Å². The predicted octanol–water partition coefficient (Wildman–Crippen LogP) is 2.86. The molecular formula is C11H19BO. The summed E-state index contributed by atoms with van der Waals surface area (Å²) in [5.74, 6) is 1.30. The molecule has 0 saturated heterocycles. The third kappa shape index (κ3) is 2.87. The van der Waals surface area contributed by atoms with Gasteiger partial charge in [0.1, 0.15) is 0 Å². The van der Waals surface area contributed by atoms with E-state index in [4.69, 9.17) is 12.7 Å². The van der Waals surface area contributed by atoms with E-state index < -0.39 is 0 Å². The van der Waals surface area contributed by atoms with Gasteiger partial charge in [0.05, 0.1) is 0 Å². The van der Waals surface area contributed by atoms with Crippen LogP contribution in [0, 0.1) is 11.8 Å². The second kappa shape index (κ2) is 5.49. The van der Waals surface area contributed by atoms with Gasteiger partial charge in [-0.2, -0.15) is 0 Å². The molecule has 1 aliphatic rings. The lowest BCUT2D eigenvalue weighted by Crippen LogP contribution is -2.15. The molecule has 0 aromatic heterocycles. The summed E-state index contributed by atoms with van der Waals surface area (Å²) < 4.78 is 4.77. The summed E-state index contributed by atoms with van der Waals surface area (Å²) in [6.45, 7) is 5.20. The molecule has 0 aromatic rings. The van der Waals surface area contributed by atoms with Crippen molar-refractivity contribution in [3.8, 4) is 0 Å². The summed E-state index contributed by atoms with van der Waals surface area (Å²) >= 11 is 0. The summed E-state index contributed by atoms with van der Waals surface area (Å²) in [6.07, 6.45) is 7.37. The van der Waals surface area contributed by atoms with Crippen molar-refractivity contribution in [2.45, 2.75) is 39.5 Å². The average Bonchev–Trinajstić information content (AvgIpc) is 2.46. The Morgan fingerprint density at radius 3 is 3.00 bits per heavy atom. The van der Waals surface area contributed by atoms with E-state index in [9.17, 15) is 0 Å². The molecule has 2 radical (unpaired) electrons. The maximum absolute atomic E-state index is 5.13. The minimum atomic E-state index is 0.580. The lowest BCUT2D eigenvalue weighted by atomic mass is 9.91. The van der Waals surface area contributed by atoms with Gasteiger partial charge in [-0.3, -0.25) is 0 Å². The van der Waals surface area contributed by atoms with E-state index in [1.807, 2.05) is 0 Å². The normalized spacial score (nSPS) is 27.7. The van der Waals surface area contributed by atoms with Gasteiger partial charge in [-0.1, -0.05) is 31.9 Å². The first-order chi connectivity index (χ1) is 6.29. The zero-order chi connectivity index (χ0) is 9.68. The van der Waals surface area contributed by atoms with Gasteiger partial charge in [0, 0.05) is 12.5 Å². The summed E-state index contributed by atoms with van der Waals surface area (Å²) in [7, 11) is 5.13. The maximum Gasteiger partial charge on any atom is 0.282 e. The van der Waals surface area contributed by atoms with Crippen LogP contribution in [0.15, 0.2) is 11.6 Å². The smallest absolute Gasteiger partial charge is 0.282 e. The van der Waals surface area contributed by atoms with E-state index >= 15 is 0 Å². The van der Waals surface area contributed by atoms with Crippen molar-refractivity contribution in [3.05, 3.63) is 11.6 Å². The van der Waals surface area contributed by atoms with Crippen molar-refractivity contribution in [1.29, 1.82) is 0 Å². The highest BCUT2D eigenvalue weighted by Crippen LogP contribution is 2.34. The molecule has 0 fully saturated rings. The van der Waals surface area contributed by atoms with Crippen LogP contribution in [0.2, 0.25) is 0 Å². The quantitative estimate of drug-likeness (QED) is 0.464. The Kier molecular flexibility index (Phi) is 4.58. The summed E-state index contributed by atoms with van der Waals surface area (Å²) in [6, 6.07) is 0. The lowest BCUT2D eigenvalue weighted by molar-refractivity contribution is 0.252. The summed E-state index contributed by atoms with van der Waals surface area (Å²) in [5, 5.41) is 0. The molecule has 0 aliphatic heterocycles. The number of unbranched alkanes of at least 4 members (excludes halogenated alkanes) is 1. The van der Waals surface area contributed by atoms with E-state index in [1.54, 1.807) is 5.57 Å². The monoisotopic (exact) mass is 178 g/mol. The van der Waals surface area contributed by atoms with Crippen LogP contribution in [0.25, 0.3) is 0 Å². The Bertz CT molecular complexity index is 177. The van der Waals surface area contributed by atoms with E-state index in [0.717, 1.165) is 5.92 Å². The van der Waals surface area contributed by atoms with Crippen molar-refractivity contribution in [2.24, 2.45) is 11.8 Å². The number of allylic oxidation sites excluding steroid dienone is 1. The van der Waals surface area contributed by atoms with Crippen LogP contribution in [0.1, 0.15) is 39.5 Å². The zero-order valence-electron chi connectivity index (χ0n) is 8.75. The van der Waals surface area contributed by atoms with Crippen LogP contribution in [-0.4, -0.2) is 14.7 Å². The molecule has 0 bridgehead atoms. The van der Waals surface area contributed by atoms with E-state index in [1.165, 1.54) is 25.7 Å². The molecule has 0 spiro atoms. The van der Waals surface area contributed by atoms with E-state index in [0.29, 0.717) is 12.5 Å². The molecule has 1 nitrogen and oxygen atoms in total. The molecule has 0 saturated carbocycles. The predicted molar refractivity (Wildman–Crippen MR) is 56.6 cm³/mol. The molecule has 2 atom stereocenters. The van der Waals surface area contributed by atoms with E-state index in [-0.39, 0.29) is 0 Å². The van der Waals surface area contributed by atoms with Crippen molar-refractivity contribution in [1.82, 2.24) is 0 Å². The first-order valence-corrected chi connectivity index (χ1v) is 5.30. The minimum Gasteiger partial charge on any atom is -0.447 e. The fraction of sp³-hybridized carbons (Fsp3) is 0.818. The lowest BCUT2D eigenvalue weighted by Gasteiger charge is -2.19. The molecule has 0 amide bonds. The summed E-state index contributed by atoms with van der Waals surface area (Å²) in [4.78, 5) is 0. The molecule has 0 aromatic carbocycles. The fourth-order valence-electron chi connectivity index (χ4n) is 2.06. The highest BCUT2D eigenvalue weighted by molar-refractivity contribution is 5.97. The van der Waals surface area contributed by atoms with Gasteiger partial charge >= 0.3 is 0 Å². The summed E-state index contributed by atoms with van der Waals surface area (Å²) in [5.41, 5.74) is 1.57. The molecule has 0 N–H and O–H groups in total. The first-order valence-electron chi connectivity index (χ1n) is 5.30. The van der Waals surface area contributed by atoms with Crippen LogP contribution < -0.4 is 0 Å². The molecule has 0 heterocycles. The minimum absolute atomic E-state index is 0.580. The third-order valence-electron chi connectivity index (χ3n) is 3.01. The molecule has 72 valence electrons. The third-order valence-corrected chi connectivity index (χ3v) is 3.01. The number of hydrogen-bond acceptors (Lipinski definition) is 1. The number of hydrogen-bond donors (Lipinski definition) is 0. The standard InChI is InChI=1S/C11H19BO/c1-3-4-5-10-7-6-9(2)11(10)8-13-12/h7,9,11H,3-6,8H2,1-2H3/t9?,11-/m0/s1. The fourth-order valence-corrected chi connectivity index (χ4v) is 2.06.